The van der Waals surface area contributed by atoms with Crippen LogP contribution < -0.4 is 0 Å². The SMILES string of the molecule is CCCCCO[PH+]=O.[Ni]. The number of rotatable bonds is 5. The van der Waals surface area contributed by atoms with Gasteiger partial charge >= 0.3 is 8.69 Å². The summed E-state index contributed by atoms with van der Waals surface area (Å²) < 4.78 is 14.3. The van der Waals surface area contributed by atoms with Gasteiger partial charge in [-0.2, -0.15) is 0 Å². The van der Waals surface area contributed by atoms with E-state index in [4.69, 9.17) is 0 Å². The maximum Gasteiger partial charge on any atom is 0.494 e. The Labute approximate surface area is 67.6 Å². The summed E-state index contributed by atoms with van der Waals surface area (Å²) in [4.78, 5) is 0. The maximum atomic E-state index is 9.70. The van der Waals surface area contributed by atoms with E-state index in [1.165, 1.54) is 12.8 Å². The fraction of sp³-hybridized carbons (Fsp3) is 1.00. The van der Waals surface area contributed by atoms with Crippen LogP contribution in [0.3, 0.4) is 0 Å². The summed E-state index contributed by atoms with van der Waals surface area (Å²) in [7, 11) is -0.581. The van der Waals surface area contributed by atoms with Crippen molar-refractivity contribution in [3.8, 4) is 0 Å². The van der Waals surface area contributed by atoms with Crippen LogP contribution in [0.1, 0.15) is 26.2 Å². The third kappa shape index (κ3) is 11.9. The van der Waals surface area contributed by atoms with Gasteiger partial charge in [-0.1, -0.05) is 19.8 Å². The van der Waals surface area contributed by atoms with Crippen LogP contribution in [0.15, 0.2) is 0 Å². The molecule has 0 bridgehead atoms. The van der Waals surface area contributed by atoms with E-state index in [0.29, 0.717) is 6.61 Å². The fourth-order valence-electron chi connectivity index (χ4n) is 0.466. The molecule has 0 aromatic heterocycles. The second kappa shape index (κ2) is 11.4. The molecule has 0 saturated carbocycles. The molecule has 0 aromatic rings. The van der Waals surface area contributed by atoms with Gasteiger partial charge < -0.3 is 0 Å². The zero-order valence-corrected chi connectivity index (χ0v) is 7.45. The average Bonchev–Trinajstić information content (AvgIpc) is 1.81. The quantitative estimate of drug-likeness (QED) is 0.380. The predicted octanol–water partition coefficient (Wildman–Crippen LogP) is 2.13. The van der Waals surface area contributed by atoms with Crippen LogP contribution in [0.2, 0.25) is 0 Å². The van der Waals surface area contributed by atoms with Crippen LogP contribution in [0.5, 0.6) is 0 Å². The van der Waals surface area contributed by atoms with Gasteiger partial charge in [0.1, 0.15) is 6.61 Å². The van der Waals surface area contributed by atoms with Crippen molar-refractivity contribution >= 4 is 8.69 Å². The third-order valence-electron chi connectivity index (χ3n) is 0.909. The van der Waals surface area contributed by atoms with Crippen LogP contribution in [0, 0.1) is 0 Å². The van der Waals surface area contributed by atoms with Crippen LogP contribution in [-0.2, 0) is 25.6 Å². The third-order valence-corrected chi connectivity index (χ3v) is 1.23. The predicted molar refractivity (Wildman–Crippen MR) is 34.5 cm³/mol. The molecule has 0 aliphatic heterocycles. The molecular weight excluding hydrogens is 182 g/mol. The van der Waals surface area contributed by atoms with Gasteiger partial charge in [0.05, 0.1) is 0 Å². The van der Waals surface area contributed by atoms with Gasteiger partial charge in [-0.25, -0.2) is 0 Å². The first-order valence-electron chi connectivity index (χ1n) is 2.90. The van der Waals surface area contributed by atoms with E-state index in [1.807, 2.05) is 0 Å². The van der Waals surface area contributed by atoms with Gasteiger partial charge in [-0.3, -0.25) is 0 Å². The Morgan fingerprint density at radius 2 is 2.11 bits per heavy atom. The van der Waals surface area contributed by atoms with Crippen LogP contribution >= 0.6 is 8.69 Å². The Hall–Kier alpha value is 0.554. The first-order valence-corrected chi connectivity index (χ1v) is 3.72. The Kier molecular flexibility index (Phi) is 15.5. The van der Waals surface area contributed by atoms with Gasteiger partial charge in [-0.05, 0) is 11.0 Å². The minimum atomic E-state index is -0.581. The zero-order valence-electron chi connectivity index (χ0n) is 5.46. The molecule has 0 N–H and O–H groups in total. The second-order valence-corrected chi connectivity index (χ2v) is 2.09. The molecule has 4 heteroatoms. The van der Waals surface area contributed by atoms with Crippen molar-refractivity contribution in [1.82, 2.24) is 0 Å². The molecule has 1 unspecified atom stereocenters. The van der Waals surface area contributed by atoms with Crippen molar-refractivity contribution in [1.29, 1.82) is 0 Å². The monoisotopic (exact) mass is 193 g/mol. The van der Waals surface area contributed by atoms with Crippen molar-refractivity contribution in [3.05, 3.63) is 0 Å². The Morgan fingerprint density at radius 1 is 1.44 bits per heavy atom. The van der Waals surface area contributed by atoms with Crippen LogP contribution in [0.25, 0.3) is 0 Å². The molecule has 0 amide bonds. The Balaban J connectivity index is 0. The minimum Gasteiger partial charge on any atom is -0.148 e. The summed E-state index contributed by atoms with van der Waals surface area (Å²) in [5.74, 6) is 0. The zero-order chi connectivity index (χ0) is 6.24. The van der Waals surface area contributed by atoms with E-state index in [0.717, 1.165) is 6.42 Å². The molecule has 0 spiro atoms. The molecule has 0 heterocycles. The molecule has 1 atom stereocenters. The van der Waals surface area contributed by atoms with E-state index >= 15 is 0 Å². The smallest absolute Gasteiger partial charge is 0.148 e. The summed E-state index contributed by atoms with van der Waals surface area (Å²) >= 11 is 0. The molecule has 0 fully saturated rings. The summed E-state index contributed by atoms with van der Waals surface area (Å²) in [5, 5.41) is 0. The van der Waals surface area contributed by atoms with Crippen molar-refractivity contribution < 1.29 is 25.6 Å². The van der Waals surface area contributed by atoms with E-state index in [2.05, 4.69) is 11.4 Å². The van der Waals surface area contributed by atoms with Gasteiger partial charge in [0.25, 0.3) is 0 Å². The van der Waals surface area contributed by atoms with Gasteiger partial charge in [0.2, 0.25) is 0 Å². The molecule has 0 saturated heterocycles. The first-order chi connectivity index (χ1) is 3.91. The first kappa shape index (κ1) is 12.3. The number of hydrogen-bond donors (Lipinski definition) is 0. The molecule has 0 rings (SSSR count). The molecule has 0 aliphatic carbocycles. The topological polar surface area (TPSA) is 26.3 Å². The Morgan fingerprint density at radius 3 is 2.56 bits per heavy atom. The molecule has 0 aliphatic rings. The number of hydrogen-bond acceptors (Lipinski definition) is 2. The molecule has 0 radical (unpaired) electrons. The normalized spacial score (nSPS) is 9.00. The van der Waals surface area contributed by atoms with E-state index in [1.54, 1.807) is 0 Å². The summed E-state index contributed by atoms with van der Waals surface area (Å²) in [5.41, 5.74) is 0. The maximum absolute atomic E-state index is 9.70. The average molecular weight is 194 g/mol. The molecule has 2 nitrogen and oxygen atoms in total. The second-order valence-electron chi connectivity index (χ2n) is 1.64. The summed E-state index contributed by atoms with van der Waals surface area (Å²) in [6.07, 6.45) is 3.39. The standard InChI is InChI=1S/C5H12O2P.Ni/c1-2-3-4-5-7-8-6;/h8H,2-5H2,1H3;/q+1;. The van der Waals surface area contributed by atoms with Gasteiger partial charge in [-0.15, -0.1) is 4.52 Å². The molecule has 9 heavy (non-hydrogen) atoms. The largest absolute Gasteiger partial charge is 0.494 e. The summed E-state index contributed by atoms with van der Waals surface area (Å²) in [6.45, 7) is 2.77. The van der Waals surface area contributed by atoms with Crippen molar-refractivity contribution in [2.75, 3.05) is 6.61 Å². The van der Waals surface area contributed by atoms with E-state index in [-0.39, 0.29) is 16.5 Å². The van der Waals surface area contributed by atoms with E-state index in [9.17, 15) is 4.57 Å². The van der Waals surface area contributed by atoms with Gasteiger partial charge in [0.15, 0.2) is 0 Å². The minimum absolute atomic E-state index is 0. The fourth-order valence-corrected chi connectivity index (χ4v) is 0.694. The molecular formula is C5H12NiO2P+. The van der Waals surface area contributed by atoms with E-state index < -0.39 is 8.69 Å². The van der Waals surface area contributed by atoms with Crippen LogP contribution in [0.4, 0.5) is 0 Å². The van der Waals surface area contributed by atoms with Crippen LogP contribution in [-0.4, -0.2) is 6.61 Å². The summed E-state index contributed by atoms with van der Waals surface area (Å²) in [6, 6.07) is 0. The number of unbranched alkanes of at least 4 members (excludes halogenated alkanes) is 2. The molecule has 58 valence electrons. The van der Waals surface area contributed by atoms with Gasteiger partial charge in [0, 0.05) is 16.5 Å². The Bertz CT molecular complexity index is 60.9. The van der Waals surface area contributed by atoms with Crippen molar-refractivity contribution in [2.45, 2.75) is 26.2 Å². The van der Waals surface area contributed by atoms with Crippen molar-refractivity contribution in [3.63, 3.8) is 0 Å². The van der Waals surface area contributed by atoms with Crippen molar-refractivity contribution in [2.24, 2.45) is 0 Å². The molecule has 0 aromatic carbocycles.